The van der Waals surface area contributed by atoms with E-state index in [-0.39, 0.29) is 35.3 Å². The number of aromatic carboxylic acids is 1. The molecule has 0 saturated heterocycles. The van der Waals surface area contributed by atoms with E-state index in [1.54, 1.807) is 37.4 Å². The Morgan fingerprint density at radius 3 is 2.44 bits per heavy atom. The second-order valence-electron chi connectivity index (χ2n) is 6.02. The largest absolute Gasteiger partial charge is 0.478 e. The first kappa shape index (κ1) is 18.6. The Morgan fingerprint density at radius 1 is 1.11 bits per heavy atom. The molecule has 0 spiro atoms. The van der Waals surface area contributed by atoms with E-state index in [0.29, 0.717) is 5.56 Å². The smallest absolute Gasteiger partial charge is 0.335 e. The minimum Gasteiger partial charge on any atom is -0.478 e. The van der Waals surface area contributed by atoms with Crippen LogP contribution in [0.5, 0.6) is 0 Å². The average Bonchev–Trinajstić information content (AvgIpc) is 2.92. The molecule has 2 aromatic carbocycles. The highest BCUT2D eigenvalue weighted by molar-refractivity contribution is 7.90. The van der Waals surface area contributed by atoms with Gasteiger partial charge in [0, 0.05) is 19.2 Å². The lowest BCUT2D eigenvalue weighted by molar-refractivity contribution is -0.121. The third-order valence-electron chi connectivity index (χ3n) is 4.05. The lowest BCUT2D eigenvalue weighted by Gasteiger charge is -2.18. The Morgan fingerprint density at radius 2 is 1.78 bits per heavy atom. The molecule has 3 rings (SSSR count). The van der Waals surface area contributed by atoms with Crippen LogP contribution in [0.2, 0.25) is 0 Å². The van der Waals surface area contributed by atoms with Crippen LogP contribution in [-0.2, 0) is 21.4 Å². The summed E-state index contributed by atoms with van der Waals surface area (Å²) in [6, 6.07) is 12.6. The van der Waals surface area contributed by atoms with Crippen molar-refractivity contribution >= 4 is 27.7 Å². The van der Waals surface area contributed by atoms with Crippen LogP contribution in [0.3, 0.4) is 0 Å². The molecule has 1 aliphatic heterocycles. The predicted octanol–water partition coefficient (Wildman–Crippen LogP) is 1.08. The Kier molecular flexibility index (Phi) is 4.95. The van der Waals surface area contributed by atoms with E-state index < -0.39 is 16.0 Å². The summed E-state index contributed by atoms with van der Waals surface area (Å²) in [5, 5.41) is 11.6. The van der Waals surface area contributed by atoms with Crippen LogP contribution < -0.4 is 5.32 Å². The highest BCUT2D eigenvalue weighted by Gasteiger charge is 2.30. The second-order valence-corrected chi connectivity index (χ2v) is 7.59. The predicted molar refractivity (Wildman–Crippen MR) is 98.0 cm³/mol. The second kappa shape index (κ2) is 7.20. The number of amidine groups is 1. The standard InChI is InChI=1S/C18H17N3O5S/c1-21(17-14-4-2-3-5-15(14)27(25,26)20-17)11-16(22)19-10-12-6-8-13(9-7-12)18(23)24/h2-9H,10-11H2,1H3,(H,19,22)(H,23,24). The summed E-state index contributed by atoms with van der Waals surface area (Å²) >= 11 is 0. The van der Waals surface area contributed by atoms with Gasteiger partial charge in [-0.2, -0.15) is 8.42 Å². The summed E-state index contributed by atoms with van der Waals surface area (Å²) in [6.07, 6.45) is 0. The molecule has 0 bridgehead atoms. The number of hydrogen-bond donors (Lipinski definition) is 2. The molecule has 2 N–H and O–H groups in total. The summed E-state index contributed by atoms with van der Waals surface area (Å²) in [4.78, 5) is 24.6. The van der Waals surface area contributed by atoms with Crippen molar-refractivity contribution in [2.45, 2.75) is 11.4 Å². The van der Waals surface area contributed by atoms with Crippen molar-refractivity contribution in [3.05, 3.63) is 65.2 Å². The van der Waals surface area contributed by atoms with E-state index in [1.165, 1.54) is 23.1 Å². The molecule has 27 heavy (non-hydrogen) atoms. The van der Waals surface area contributed by atoms with Gasteiger partial charge in [0.05, 0.1) is 12.1 Å². The highest BCUT2D eigenvalue weighted by atomic mass is 32.2. The fourth-order valence-electron chi connectivity index (χ4n) is 2.68. The van der Waals surface area contributed by atoms with Gasteiger partial charge < -0.3 is 15.3 Å². The molecule has 140 valence electrons. The number of benzene rings is 2. The van der Waals surface area contributed by atoms with Crippen molar-refractivity contribution in [2.24, 2.45) is 4.40 Å². The van der Waals surface area contributed by atoms with Crippen molar-refractivity contribution < 1.29 is 23.1 Å². The normalized spacial score (nSPS) is 14.2. The van der Waals surface area contributed by atoms with E-state index in [2.05, 4.69) is 9.71 Å². The number of sulfonamides is 1. The van der Waals surface area contributed by atoms with E-state index in [9.17, 15) is 18.0 Å². The van der Waals surface area contributed by atoms with Gasteiger partial charge in [-0.1, -0.05) is 24.3 Å². The zero-order valence-electron chi connectivity index (χ0n) is 14.4. The van der Waals surface area contributed by atoms with Crippen LogP contribution in [0.25, 0.3) is 0 Å². The molecule has 2 aromatic rings. The molecule has 1 aliphatic rings. The fraction of sp³-hybridized carbons (Fsp3) is 0.167. The van der Waals surface area contributed by atoms with Crippen LogP contribution in [0.1, 0.15) is 21.5 Å². The first-order valence-corrected chi connectivity index (χ1v) is 9.46. The lowest BCUT2D eigenvalue weighted by Crippen LogP contribution is -2.38. The molecule has 9 heteroatoms. The number of fused-ring (bicyclic) bond motifs is 1. The van der Waals surface area contributed by atoms with Crippen molar-refractivity contribution in [1.29, 1.82) is 0 Å². The average molecular weight is 387 g/mol. The first-order chi connectivity index (χ1) is 12.8. The van der Waals surface area contributed by atoms with E-state index in [0.717, 1.165) is 5.56 Å². The number of nitrogens with one attached hydrogen (secondary N) is 1. The molecule has 1 amide bonds. The number of likely N-dealkylation sites (N-methyl/N-ethyl adjacent to an activating group) is 1. The summed E-state index contributed by atoms with van der Waals surface area (Å²) in [7, 11) is -2.14. The van der Waals surface area contributed by atoms with E-state index >= 15 is 0 Å². The third-order valence-corrected chi connectivity index (χ3v) is 5.37. The minimum absolute atomic E-state index is 0.0735. The number of carbonyl (C=O) groups excluding carboxylic acids is 1. The van der Waals surface area contributed by atoms with Gasteiger partial charge in [0.2, 0.25) is 5.91 Å². The van der Waals surface area contributed by atoms with Gasteiger partial charge in [0.25, 0.3) is 10.0 Å². The molecule has 0 aromatic heterocycles. The van der Waals surface area contributed by atoms with Crippen molar-refractivity contribution in [1.82, 2.24) is 10.2 Å². The SMILES string of the molecule is CN(CC(=O)NCc1ccc(C(=O)O)cc1)C1=NS(=O)(=O)c2ccccc21. The van der Waals surface area contributed by atoms with E-state index in [1.807, 2.05) is 0 Å². The summed E-state index contributed by atoms with van der Waals surface area (Å²) < 4.78 is 27.9. The van der Waals surface area contributed by atoms with Crippen LogP contribution in [0.4, 0.5) is 0 Å². The van der Waals surface area contributed by atoms with Crippen LogP contribution >= 0.6 is 0 Å². The fourth-order valence-corrected chi connectivity index (χ4v) is 3.93. The molecule has 0 saturated carbocycles. The van der Waals surface area contributed by atoms with Gasteiger partial charge in [0.1, 0.15) is 4.90 Å². The number of amides is 1. The molecular weight excluding hydrogens is 370 g/mol. The van der Waals surface area contributed by atoms with Crippen LogP contribution in [0.15, 0.2) is 57.8 Å². The van der Waals surface area contributed by atoms with Gasteiger partial charge in [-0.15, -0.1) is 4.40 Å². The molecule has 0 unspecified atom stereocenters. The molecule has 0 fully saturated rings. The van der Waals surface area contributed by atoms with Crippen molar-refractivity contribution in [2.75, 3.05) is 13.6 Å². The van der Waals surface area contributed by atoms with Gasteiger partial charge in [-0.05, 0) is 29.8 Å². The maximum absolute atomic E-state index is 12.2. The number of carboxylic acid groups (broad SMARTS) is 1. The Labute approximate surface area is 156 Å². The number of hydrogen-bond acceptors (Lipinski definition) is 5. The molecular formula is C18H17N3O5S. The van der Waals surface area contributed by atoms with Crippen molar-refractivity contribution in [3.63, 3.8) is 0 Å². The molecule has 8 nitrogen and oxygen atoms in total. The number of carboxylic acids is 1. The number of carbonyl (C=O) groups is 2. The zero-order valence-corrected chi connectivity index (χ0v) is 15.2. The highest BCUT2D eigenvalue weighted by Crippen LogP contribution is 2.26. The van der Waals surface area contributed by atoms with Crippen LogP contribution in [0, 0.1) is 0 Å². The van der Waals surface area contributed by atoms with Gasteiger partial charge in [-0.25, -0.2) is 4.79 Å². The summed E-state index contributed by atoms with van der Waals surface area (Å²) in [5.74, 6) is -1.10. The molecule has 0 radical (unpaired) electrons. The lowest BCUT2D eigenvalue weighted by atomic mass is 10.1. The Hall–Kier alpha value is -3.20. The third kappa shape index (κ3) is 3.98. The van der Waals surface area contributed by atoms with Gasteiger partial charge in [0.15, 0.2) is 5.84 Å². The maximum Gasteiger partial charge on any atom is 0.335 e. The van der Waals surface area contributed by atoms with E-state index in [4.69, 9.17) is 5.11 Å². The molecule has 1 heterocycles. The number of nitrogens with zero attached hydrogens (tertiary/aromatic N) is 2. The quantitative estimate of drug-likeness (QED) is 0.793. The zero-order chi connectivity index (χ0) is 19.6. The topological polar surface area (TPSA) is 116 Å². The maximum atomic E-state index is 12.2. The monoisotopic (exact) mass is 387 g/mol. The summed E-state index contributed by atoms with van der Waals surface area (Å²) in [6.45, 7) is 0.157. The molecule has 0 atom stereocenters. The summed E-state index contributed by atoms with van der Waals surface area (Å²) in [5.41, 5.74) is 1.39. The first-order valence-electron chi connectivity index (χ1n) is 8.02. The number of rotatable bonds is 5. The Bertz CT molecular complexity index is 1030. The van der Waals surface area contributed by atoms with Crippen molar-refractivity contribution in [3.8, 4) is 0 Å². The molecule has 0 aliphatic carbocycles. The van der Waals surface area contributed by atoms with Gasteiger partial charge in [-0.3, -0.25) is 4.79 Å². The van der Waals surface area contributed by atoms with Gasteiger partial charge >= 0.3 is 5.97 Å². The Balaban J connectivity index is 1.62. The van der Waals surface area contributed by atoms with Crippen LogP contribution in [-0.4, -0.2) is 49.7 Å². The minimum atomic E-state index is -3.74.